The van der Waals surface area contributed by atoms with Crippen molar-refractivity contribution in [2.45, 2.75) is 26.2 Å². The Labute approximate surface area is 164 Å². The first-order chi connectivity index (χ1) is 13.5. The molecule has 0 aliphatic carbocycles. The SMILES string of the molecule is COc1ccc2c(c1)nc(CCNC(=O)CCC(=O)c1ccc(C)cc1)n2C. The van der Waals surface area contributed by atoms with Crippen LogP contribution in [0.1, 0.15) is 34.6 Å². The molecule has 1 N–H and O–H groups in total. The molecule has 3 aromatic rings. The van der Waals surface area contributed by atoms with Crippen LogP contribution < -0.4 is 10.1 Å². The quantitative estimate of drug-likeness (QED) is 0.610. The van der Waals surface area contributed by atoms with Crippen molar-refractivity contribution in [2.75, 3.05) is 13.7 Å². The molecule has 0 bridgehead atoms. The zero-order valence-corrected chi connectivity index (χ0v) is 16.5. The van der Waals surface area contributed by atoms with E-state index in [1.807, 2.05) is 48.9 Å². The maximum absolute atomic E-state index is 12.1. The van der Waals surface area contributed by atoms with Crippen molar-refractivity contribution in [1.82, 2.24) is 14.9 Å². The van der Waals surface area contributed by atoms with Gasteiger partial charge in [-0.05, 0) is 19.1 Å². The van der Waals surface area contributed by atoms with Gasteiger partial charge in [-0.3, -0.25) is 9.59 Å². The first-order valence-corrected chi connectivity index (χ1v) is 9.34. The Hall–Kier alpha value is -3.15. The molecule has 1 amide bonds. The fraction of sp³-hybridized carbons (Fsp3) is 0.318. The van der Waals surface area contributed by atoms with Crippen LogP contribution in [-0.2, 0) is 18.3 Å². The molecular formula is C22H25N3O3. The molecular weight excluding hydrogens is 354 g/mol. The molecule has 3 rings (SSSR count). The van der Waals surface area contributed by atoms with Crippen molar-refractivity contribution < 1.29 is 14.3 Å². The number of ether oxygens (including phenoxy) is 1. The number of rotatable bonds is 8. The number of carbonyl (C=O) groups is 2. The van der Waals surface area contributed by atoms with E-state index in [4.69, 9.17) is 4.74 Å². The summed E-state index contributed by atoms with van der Waals surface area (Å²) in [4.78, 5) is 28.8. The number of ketones is 1. The summed E-state index contributed by atoms with van der Waals surface area (Å²) < 4.78 is 7.25. The number of aromatic nitrogens is 2. The summed E-state index contributed by atoms with van der Waals surface area (Å²) in [6.07, 6.45) is 1.01. The molecule has 28 heavy (non-hydrogen) atoms. The van der Waals surface area contributed by atoms with Gasteiger partial charge in [0.2, 0.25) is 5.91 Å². The topological polar surface area (TPSA) is 73.2 Å². The van der Waals surface area contributed by atoms with Gasteiger partial charge in [0.25, 0.3) is 0 Å². The van der Waals surface area contributed by atoms with Crippen molar-refractivity contribution in [1.29, 1.82) is 0 Å². The number of hydrogen-bond acceptors (Lipinski definition) is 4. The second-order valence-corrected chi connectivity index (χ2v) is 6.83. The molecule has 0 saturated heterocycles. The summed E-state index contributed by atoms with van der Waals surface area (Å²) >= 11 is 0. The van der Waals surface area contributed by atoms with E-state index >= 15 is 0 Å². The number of imidazole rings is 1. The van der Waals surface area contributed by atoms with Crippen LogP contribution in [0, 0.1) is 6.92 Å². The maximum atomic E-state index is 12.1. The van der Waals surface area contributed by atoms with Gasteiger partial charge < -0.3 is 14.6 Å². The summed E-state index contributed by atoms with van der Waals surface area (Å²) in [6.45, 7) is 2.45. The van der Waals surface area contributed by atoms with Gasteiger partial charge in [0.1, 0.15) is 11.6 Å². The summed E-state index contributed by atoms with van der Waals surface area (Å²) in [6, 6.07) is 13.2. The standard InChI is InChI=1S/C22H25N3O3/c1-15-4-6-16(7-5-15)20(26)10-11-22(27)23-13-12-21-24-18-14-17(28-3)8-9-19(18)25(21)2/h4-9,14H,10-13H2,1-3H3,(H,23,27). The first-order valence-electron chi connectivity index (χ1n) is 9.34. The van der Waals surface area contributed by atoms with Crippen LogP contribution in [-0.4, -0.2) is 34.9 Å². The van der Waals surface area contributed by atoms with Gasteiger partial charge in [-0.15, -0.1) is 0 Å². The average molecular weight is 379 g/mol. The molecule has 0 radical (unpaired) electrons. The van der Waals surface area contributed by atoms with E-state index in [-0.39, 0.29) is 24.5 Å². The lowest BCUT2D eigenvalue weighted by Crippen LogP contribution is -2.26. The molecule has 2 aromatic carbocycles. The zero-order valence-electron chi connectivity index (χ0n) is 16.5. The number of Topliss-reactive ketones (excluding diaryl/α,β-unsaturated/α-hetero) is 1. The third kappa shape index (κ3) is 4.57. The Morgan fingerprint density at radius 3 is 2.57 bits per heavy atom. The highest BCUT2D eigenvalue weighted by Crippen LogP contribution is 2.21. The summed E-state index contributed by atoms with van der Waals surface area (Å²) in [5.41, 5.74) is 3.64. The fourth-order valence-corrected chi connectivity index (χ4v) is 3.09. The predicted molar refractivity (Wildman–Crippen MR) is 109 cm³/mol. The van der Waals surface area contributed by atoms with Crippen LogP contribution in [0.25, 0.3) is 11.0 Å². The first kappa shape index (κ1) is 19.6. The molecule has 1 heterocycles. The molecule has 146 valence electrons. The van der Waals surface area contributed by atoms with Crippen molar-refractivity contribution in [3.63, 3.8) is 0 Å². The third-order valence-corrected chi connectivity index (χ3v) is 4.80. The van der Waals surface area contributed by atoms with Gasteiger partial charge in [0.15, 0.2) is 5.78 Å². The van der Waals surface area contributed by atoms with Gasteiger partial charge in [-0.2, -0.15) is 0 Å². The van der Waals surface area contributed by atoms with Crippen LogP contribution in [0.2, 0.25) is 0 Å². The van der Waals surface area contributed by atoms with E-state index in [0.717, 1.165) is 28.2 Å². The third-order valence-electron chi connectivity index (χ3n) is 4.80. The molecule has 1 aromatic heterocycles. The number of fused-ring (bicyclic) bond motifs is 1. The van der Waals surface area contributed by atoms with E-state index in [0.29, 0.717) is 18.5 Å². The van der Waals surface area contributed by atoms with E-state index in [2.05, 4.69) is 10.3 Å². The normalized spacial score (nSPS) is 10.8. The monoisotopic (exact) mass is 379 g/mol. The molecule has 6 heteroatoms. The highest BCUT2D eigenvalue weighted by Gasteiger charge is 2.11. The highest BCUT2D eigenvalue weighted by atomic mass is 16.5. The average Bonchev–Trinajstić information content (AvgIpc) is 3.01. The van der Waals surface area contributed by atoms with E-state index in [9.17, 15) is 9.59 Å². The minimum Gasteiger partial charge on any atom is -0.497 e. The van der Waals surface area contributed by atoms with Crippen LogP contribution in [0.15, 0.2) is 42.5 Å². The number of nitrogens with zero attached hydrogens (tertiary/aromatic N) is 2. The Morgan fingerprint density at radius 2 is 1.86 bits per heavy atom. The molecule has 0 unspecified atom stereocenters. The van der Waals surface area contributed by atoms with Crippen LogP contribution in [0.3, 0.4) is 0 Å². The second-order valence-electron chi connectivity index (χ2n) is 6.83. The highest BCUT2D eigenvalue weighted by molar-refractivity contribution is 5.97. The lowest BCUT2D eigenvalue weighted by atomic mass is 10.1. The molecule has 0 spiro atoms. The van der Waals surface area contributed by atoms with Gasteiger partial charge in [-0.1, -0.05) is 29.8 Å². The molecule has 0 aliphatic heterocycles. The van der Waals surface area contributed by atoms with Crippen molar-refractivity contribution in [3.8, 4) is 5.75 Å². The molecule has 0 aliphatic rings. The number of nitrogens with one attached hydrogen (secondary N) is 1. The summed E-state index contributed by atoms with van der Waals surface area (Å²) in [5.74, 6) is 1.52. The molecule has 0 fully saturated rings. The lowest BCUT2D eigenvalue weighted by Gasteiger charge is -2.06. The van der Waals surface area contributed by atoms with Crippen LogP contribution in [0.4, 0.5) is 0 Å². The number of amides is 1. The Bertz CT molecular complexity index is 990. The summed E-state index contributed by atoms with van der Waals surface area (Å²) in [7, 11) is 3.59. The summed E-state index contributed by atoms with van der Waals surface area (Å²) in [5, 5.41) is 2.87. The number of hydrogen-bond donors (Lipinski definition) is 1. The Kier molecular flexibility index (Phi) is 6.09. The molecule has 0 atom stereocenters. The molecule has 0 saturated carbocycles. The van der Waals surface area contributed by atoms with Gasteiger partial charge in [0.05, 0.1) is 18.1 Å². The minimum atomic E-state index is -0.124. The van der Waals surface area contributed by atoms with Gasteiger partial charge in [-0.25, -0.2) is 4.98 Å². The fourth-order valence-electron chi connectivity index (χ4n) is 3.09. The molecule has 6 nitrogen and oxygen atoms in total. The second kappa shape index (κ2) is 8.69. The Morgan fingerprint density at radius 1 is 1.11 bits per heavy atom. The van der Waals surface area contributed by atoms with Crippen molar-refractivity contribution in [3.05, 3.63) is 59.4 Å². The Balaban J connectivity index is 1.48. The number of aryl methyl sites for hydroxylation is 2. The predicted octanol–water partition coefficient (Wildman–Crippen LogP) is 3.21. The van der Waals surface area contributed by atoms with Crippen LogP contribution in [0.5, 0.6) is 5.75 Å². The number of carbonyl (C=O) groups excluding carboxylic acids is 2. The van der Waals surface area contributed by atoms with E-state index in [1.165, 1.54) is 0 Å². The van der Waals surface area contributed by atoms with Gasteiger partial charge >= 0.3 is 0 Å². The van der Waals surface area contributed by atoms with Crippen molar-refractivity contribution >= 4 is 22.7 Å². The maximum Gasteiger partial charge on any atom is 0.220 e. The smallest absolute Gasteiger partial charge is 0.220 e. The number of benzene rings is 2. The largest absolute Gasteiger partial charge is 0.497 e. The lowest BCUT2D eigenvalue weighted by molar-refractivity contribution is -0.121. The van der Waals surface area contributed by atoms with E-state index < -0.39 is 0 Å². The zero-order chi connectivity index (χ0) is 20.1. The van der Waals surface area contributed by atoms with Gasteiger partial charge in [0, 0.05) is 44.5 Å². The van der Waals surface area contributed by atoms with Crippen LogP contribution >= 0.6 is 0 Å². The number of methoxy groups -OCH3 is 1. The van der Waals surface area contributed by atoms with Crippen molar-refractivity contribution in [2.24, 2.45) is 7.05 Å². The minimum absolute atomic E-state index is 0.0144. The van der Waals surface area contributed by atoms with E-state index in [1.54, 1.807) is 19.2 Å².